The standard InChI is InChI=1S/C23H30N2O.C21H26N2O.C2H6.2H2/c1-3-18-9-12-21(13-10-18)22-14-11-19(16-24-22)15-23(26)25-17(2)20-7-5-4-6-8-20;1-16(18-7-3-2-4-8-18)23-21(24)15-17-10-12-19(13-11-17)20-9-5-6-14-22-20;1-2;;/h9-14,16-17,20H,3-8,15H2,1-2H3,(H,25,26);5-6,9-14,16,18H,2-4,7-8,15H2,1H3,(H,23,24);1-2H3;2*1H/t17-;16-;;;/m11.../s1. The first-order valence-corrected chi connectivity index (χ1v) is 20.0. The Balaban J connectivity index is 0.000000346. The fourth-order valence-electron chi connectivity index (χ4n) is 7.42. The Kier molecular flexibility index (Phi) is 17.0. The molecular weight excluding hydrogens is 641 g/mol. The van der Waals surface area contributed by atoms with E-state index in [1.807, 2.05) is 74.6 Å². The van der Waals surface area contributed by atoms with Crippen molar-refractivity contribution in [3.8, 4) is 22.5 Å². The van der Waals surface area contributed by atoms with Crippen LogP contribution < -0.4 is 10.6 Å². The molecule has 2 aromatic carbocycles. The topological polar surface area (TPSA) is 84.0 Å². The molecule has 2 aliphatic carbocycles. The number of nitrogens with one attached hydrogen (secondary N) is 2. The molecule has 2 aliphatic rings. The molecule has 6 rings (SSSR count). The van der Waals surface area contributed by atoms with Crippen molar-refractivity contribution in [2.24, 2.45) is 11.8 Å². The van der Waals surface area contributed by atoms with Gasteiger partial charge in [-0.3, -0.25) is 19.6 Å². The van der Waals surface area contributed by atoms with Gasteiger partial charge in [-0.05, 0) is 92.7 Å². The Hall–Kier alpha value is -4.32. The zero-order valence-electron chi connectivity index (χ0n) is 32.4. The van der Waals surface area contributed by atoms with Crippen molar-refractivity contribution >= 4 is 11.8 Å². The molecule has 0 spiro atoms. The Morgan fingerprint density at radius 2 is 1.08 bits per heavy atom. The van der Waals surface area contributed by atoms with E-state index in [0.717, 1.165) is 40.1 Å². The van der Waals surface area contributed by atoms with Crippen molar-refractivity contribution in [2.45, 2.75) is 130 Å². The van der Waals surface area contributed by atoms with Crippen molar-refractivity contribution < 1.29 is 12.4 Å². The van der Waals surface area contributed by atoms with Gasteiger partial charge in [0, 0.05) is 38.5 Å². The number of carbonyl (C=O) groups is 2. The molecule has 2 fully saturated rings. The van der Waals surface area contributed by atoms with Crippen LogP contribution in [0.2, 0.25) is 0 Å². The highest BCUT2D eigenvalue weighted by Crippen LogP contribution is 2.27. The number of benzene rings is 2. The largest absolute Gasteiger partial charge is 0.353 e. The number of nitrogens with zero attached hydrogens (tertiary/aromatic N) is 2. The van der Waals surface area contributed by atoms with E-state index in [-0.39, 0.29) is 26.8 Å². The van der Waals surface area contributed by atoms with Gasteiger partial charge < -0.3 is 10.6 Å². The van der Waals surface area contributed by atoms with Crippen LogP contribution in [0.15, 0.2) is 91.3 Å². The van der Waals surface area contributed by atoms with Gasteiger partial charge in [-0.1, -0.05) is 120 Å². The van der Waals surface area contributed by atoms with Gasteiger partial charge in [0.25, 0.3) is 0 Å². The van der Waals surface area contributed by atoms with Crippen molar-refractivity contribution in [3.05, 3.63) is 108 Å². The van der Waals surface area contributed by atoms with E-state index in [1.54, 1.807) is 6.20 Å². The van der Waals surface area contributed by atoms with E-state index < -0.39 is 0 Å². The minimum Gasteiger partial charge on any atom is -0.353 e. The second kappa shape index (κ2) is 21.9. The normalized spacial score (nSPS) is 15.9. The summed E-state index contributed by atoms with van der Waals surface area (Å²) in [5.74, 6) is 1.51. The number of amides is 2. The van der Waals surface area contributed by atoms with E-state index in [2.05, 4.69) is 65.6 Å². The van der Waals surface area contributed by atoms with E-state index in [9.17, 15) is 9.59 Å². The molecule has 0 radical (unpaired) electrons. The summed E-state index contributed by atoms with van der Waals surface area (Å²) in [6.07, 6.45) is 18.4. The second-order valence-corrected chi connectivity index (χ2v) is 14.4. The first-order valence-electron chi connectivity index (χ1n) is 20.0. The van der Waals surface area contributed by atoms with E-state index in [0.29, 0.717) is 24.7 Å². The molecule has 6 heteroatoms. The van der Waals surface area contributed by atoms with Gasteiger partial charge in [-0.15, -0.1) is 0 Å². The summed E-state index contributed by atoms with van der Waals surface area (Å²) < 4.78 is 0. The maximum atomic E-state index is 12.4. The lowest BCUT2D eigenvalue weighted by molar-refractivity contribution is -0.122. The van der Waals surface area contributed by atoms with Crippen LogP contribution >= 0.6 is 0 Å². The molecule has 52 heavy (non-hydrogen) atoms. The van der Waals surface area contributed by atoms with Crippen molar-refractivity contribution in [1.29, 1.82) is 0 Å². The monoisotopic (exact) mass is 707 g/mol. The Morgan fingerprint density at radius 3 is 1.52 bits per heavy atom. The lowest BCUT2D eigenvalue weighted by atomic mass is 9.84. The maximum Gasteiger partial charge on any atom is 0.224 e. The molecule has 2 saturated carbocycles. The van der Waals surface area contributed by atoms with Crippen LogP contribution in [-0.4, -0.2) is 33.9 Å². The van der Waals surface area contributed by atoms with Crippen LogP contribution in [0, 0.1) is 11.8 Å². The molecular formula is C46H66N4O2. The number of hydrogen-bond donors (Lipinski definition) is 2. The minimum absolute atomic E-state index is 0. The van der Waals surface area contributed by atoms with Crippen molar-refractivity contribution in [2.75, 3.05) is 0 Å². The predicted molar refractivity (Wildman–Crippen MR) is 220 cm³/mol. The van der Waals surface area contributed by atoms with Gasteiger partial charge in [0.1, 0.15) is 0 Å². The molecule has 0 saturated heterocycles. The molecule has 2 N–H and O–H groups in total. The molecule has 6 nitrogen and oxygen atoms in total. The van der Waals surface area contributed by atoms with E-state index in [1.165, 1.54) is 69.8 Å². The third kappa shape index (κ3) is 13.0. The Morgan fingerprint density at radius 1 is 0.615 bits per heavy atom. The van der Waals surface area contributed by atoms with Crippen LogP contribution in [0.25, 0.3) is 22.5 Å². The number of pyridine rings is 2. The molecule has 4 aromatic rings. The zero-order valence-corrected chi connectivity index (χ0v) is 32.4. The maximum absolute atomic E-state index is 12.4. The summed E-state index contributed by atoms with van der Waals surface area (Å²) in [5, 5.41) is 6.38. The van der Waals surface area contributed by atoms with Crippen LogP contribution in [-0.2, 0) is 28.9 Å². The smallest absolute Gasteiger partial charge is 0.224 e. The van der Waals surface area contributed by atoms with Gasteiger partial charge in [0.05, 0.1) is 24.2 Å². The number of hydrogen-bond acceptors (Lipinski definition) is 4. The van der Waals surface area contributed by atoms with Gasteiger partial charge in [-0.25, -0.2) is 0 Å². The fraction of sp³-hybridized carbons (Fsp3) is 0.478. The molecule has 2 atom stereocenters. The van der Waals surface area contributed by atoms with Crippen LogP contribution in [0.4, 0.5) is 0 Å². The summed E-state index contributed by atoms with van der Waals surface area (Å²) in [4.78, 5) is 33.5. The van der Waals surface area contributed by atoms with E-state index in [4.69, 9.17) is 0 Å². The minimum atomic E-state index is 0. The molecule has 0 aliphatic heterocycles. The lowest BCUT2D eigenvalue weighted by Gasteiger charge is -2.28. The van der Waals surface area contributed by atoms with Gasteiger partial charge in [0.15, 0.2) is 0 Å². The SMILES string of the molecule is CC.CCc1ccc(-c2ccc(CC(=O)N[C@H](C)C3CCCCC3)cn2)cc1.C[C@@H](NC(=O)Cc1ccc(-c2ccccn2)cc1)C1CCCCC1.[HH].[HH]. The van der Waals surface area contributed by atoms with Gasteiger partial charge in [-0.2, -0.15) is 0 Å². The molecule has 2 amide bonds. The summed E-state index contributed by atoms with van der Waals surface area (Å²) in [7, 11) is 0. The third-order valence-electron chi connectivity index (χ3n) is 10.6. The van der Waals surface area contributed by atoms with Crippen LogP contribution in [0.1, 0.15) is 118 Å². The number of carbonyl (C=O) groups excluding carboxylic acids is 2. The van der Waals surface area contributed by atoms with Crippen molar-refractivity contribution in [3.63, 3.8) is 0 Å². The zero-order chi connectivity index (χ0) is 37.1. The third-order valence-corrected chi connectivity index (χ3v) is 10.6. The van der Waals surface area contributed by atoms with Gasteiger partial charge >= 0.3 is 0 Å². The average molecular weight is 707 g/mol. The summed E-state index contributed by atoms with van der Waals surface area (Å²) in [5.41, 5.74) is 7.44. The molecule has 0 unspecified atom stereocenters. The molecule has 2 aromatic heterocycles. The highest BCUT2D eigenvalue weighted by atomic mass is 16.2. The number of aryl methyl sites for hydroxylation is 1. The fourth-order valence-corrected chi connectivity index (χ4v) is 7.42. The van der Waals surface area contributed by atoms with Crippen LogP contribution in [0.5, 0.6) is 0 Å². The average Bonchev–Trinajstić information content (AvgIpc) is 3.20. The summed E-state index contributed by atoms with van der Waals surface area (Å²) >= 11 is 0. The molecule has 2 heterocycles. The quantitative estimate of drug-likeness (QED) is 0.163. The predicted octanol–water partition coefficient (Wildman–Crippen LogP) is 10.8. The van der Waals surface area contributed by atoms with E-state index >= 15 is 0 Å². The van der Waals surface area contributed by atoms with Gasteiger partial charge in [0.2, 0.25) is 11.8 Å². The first kappa shape index (κ1) is 40.5. The lowest BCUT2D eigenvalue weighted by Crippen LogP contribution is -2.39. The Bertz CT molecular complexity index is 1600. The Labute approximate surface area is 316 Å². The highest BCUT2D eigenvalue weighted by molar-refractivity contribution is 5.79. The highest BCUT2D eigenvalue weighted by Gasteiger charge is 2.22. The number of aromatic nitrogens is 2. The molecule has 282 valence electrons. The number of rotatable bonds is 11. The second-order valence-electron chi connectivity index (χ2n) is 14.4. The van der Waals surface area contributed by atoms with Crippen LogP contribution in [0.3, 0.4) is 0 Å². The first-order chi connectivity index (χ1) is 25.4. The summed E-state index contributed by atoms with van der Waals surface area (Å²) in [6.45, 7) is 10.5. The summed E-state index contributed by atoms with van der Waals surface area (Å²) in [6, 6.07) is 27.1. The molecule has 0 bridgehead atoms. The van der Waals surface area contributed by atoms with Crippen molar-refractivity contribution in [1.82, 2.24) is 20.6 Å².